The van der Waals surface area contributed by atoms with Crippen LogP contribution in [0.4, 0.5) is 0 Å². The highest BCUT2D eigenvalue weighted by Gasteiger charge is 2.60. The molecule has 0 aliphatic heterocycles. The number of carbonyl (C=O) groups excluding carboxylic acids is 2. The normalized spacial score (nSPS) is 32.9. The Bertz CT molecular complexity index is 731. The third-order valence-corrected chi connectivity index (χ3v) is 7.77. The molecular formula is C23H30BrNO3. The number of halogens is 1. The summed E-state index contributed by atoms with van der Waals surface area (Å²) in [7, 11) is 0. The van der Waals surface area contributed by atoms with E-state index in [2.05, 4.69) is 52.4 Å². The van der Waals surface area contributed by atoms with Crippen molar-refractivity contribution in [3.63, 3.8) is 0 Å². The van der Waals surface area contributed by atoms with Crippen molar-refractivity contribution in [2.75, 3.05) is 13.2 Å². The van der Waals surface area contributed by atoms with Crippen molar-refractivity contribution in [3.8, 4) is 0 Å². The molecule has 4 aliphatic rings. The van der Waals surface area contributed by atoms with Gasteiger partial charge in [0.1, 0.15) is 6.61 Å². The summed E-state index contributed by atoms with van der Waals surface area (Å²) in [5.41, 5.74) is 2.10. The van der Waals surface area contributed by atoms with Crippen LogP contribution < -0.4 is 5.32 Å². The van der Waals surface area contributed by atoms with Gasteiger partial charge in [-0.3, -0.25) is 9.59 Å². The van der Waals surface area contributed by atoms with Crippen LogP contribution in [0.5, 0.6) is 0 Å². The van der Waals surface area contributed by atoms with Gasteiger partial charge in [0.15, 0.2) is 0 Å². The summed E-state index contributed by atoms with van der Waals surface area (Å²) < 4.78 is 5.78. The lowest BCUT2D eigenvalue weighted by Gasteiger charge is -2.58. The first-order chi connectivity index (χ1) is 13.4. The Morgan fingerprint density at radius 1 is 1.14 bits per heavy atom. The molecule has 4 saturated carbocycles. The number of benzene rings is 1. The molecule has 5 heteroatoms. The summed E-state index contributed by atoms with van der Waals surface area (Å²) in [5, 5.41) is 2.88. The van der Waals surface area contributed by atoms with Gasteiger partial charge in [-0.15, -0.1) is 0 Å². The highest BCUT2D eigenvalue weighted by Crippen LogP contribution is 2.64. The number of amides is 1. The number of nitrogens with one attached hydrogen (secondary N) is 1. The van der Waals surface area contributed by atoms with Crippen LogP contribution in [-0.2, 0) is 20.7 Å². The van der Waals surface area contributed by atoms with Crippen LogP contribution in [0.1, 0.15) is 56.1 Å². The van der Waals surface area contributed by atoms with Crippen molar-refractivity contribution in [2.24, 2.45) is 17.3 Å². The summed E-state index contributed by atoms with van der Waals surface area (Å²) in [5.74, 6) is 1.29. The first kappa shape index (κ1) is 19.9. The van der Waals surface area contributed by atoms with E-state index >= 15 is 0 Å². The lowest BCUT2D eigenvalue weighted by molar-refractivity contribution is -0.169. The topological polar surface area (TPSA) is 55.4 Å². The number of rotatable bonds is 7. The molecule has 4 nitrogen and oxygen atoms in total. The Kier molecular flexibility index (Phi) is 5.56. The molecule has 1 amide bonds. The maximum absolute atomic E-state index is 12.9. The van der Waals surface area contributed by atoms with E-state index in [1.54, 1.807) is 0 Å². The Morgan fingerprint density at radius 3 is 2.46 bits per heavy atom. The third-order valence-electron chi connectivity index (χ3n) is 6.84. The monoisotopic (exact) mass is 447 g/mol. The minimum absolute atomic E-state index is 0.00541. The van der Waals surface area contributed by atoms with Crippen molar-refractivity contribution in [1.29, 1.82) is 0 Å². The van der Waals surface area contributed by atoms with Crippen LogP contribution >= 0.6 is 15.9 Å². The largest absolute Gasteiger partial charge is 0.463 e. The van der Waals surface area contributed by atoms with E-state index in [0.717, 1.165) is 31.2 Å². The van der Waals surface area contributed by atoms with Crippen LogP contribution in [0.3, 0.4) is 0 Å². The van der Waals surface area contributed by atoms with Crippen LogP contribution in [-0.4, -0.2) is 29.4 Å². The number of esters is 1. The maximum atomic E-state index is 12.9. The lowest BCUT2D eigenvalue weighted by Crippen LogP contribution is -2.56. The molecule has 5 rings (SSSR count). The number of carbonyl (C=O) groups is 2. The molecule has 4 bridgehead atoms. The molecule has 0 saturated heterocycles. The molecule has 0 radical (unpaired) electrons. The zero-order valence-corrected chi connectivity index (χ0v) is 18.2. The molecule has 4 aliphatic carbocycles. The smallest absolute Gasteiger partial charge is 0.312 e. The van der Waals surface area contributed by atoms with E-state index in [9.17, 15) is 9.59 Å². The summed E-state index contributed by atoms with van der Waals surface area (Å²) in [6.07, 6.45) is 7.75. The van der Waals surface area contributed by atoms with E-state index < -0.39 is 0 Å². The first-order valence-corrected chi connectivity index (χ1v) is 11.3. The van der Waals surface area contributed by atoms with Gasteiger partial charge >= 0.3 is 5.97 Å². The summed E-state index contributed by atoms with van der Waals surface area (Å²) >= 11 is 3.94. The van der Waals surface area contributed by atoms with Gasteiger partial charge in [-0.2, -0.15) is 0 Å². The second-order valence-electron chi connectivity index (χ2n) is 9.36. The second-order valence-corrected chi connectivity index (χ2v) is 11.0. The van der Waals surface area contributed by atoms with Crippen molar-refractivity contribution >= 4 is 27.8 Å². The van der Waals surface area contributed by atoms with E-state index in [1.165, 1.54) is 24.8 Å². The van der Waals surface area contributed by atoms with E-state index in [1.807, 2.05) is 0 Å². The Balaban J connectivity index is 1.19. The lowest BCUT2D eigenvalue weighted by atomic mass is 9.49. The van der Waals surface area contributed by atoms with Crippen molar-refractivity contribution in [3.05, 3.63) is 35.4 Å². The van der Waals surface area contributed by atoms with Crippen LogP contribution in [0.25, 0.3) is 0 Å². The van der Waals surface area contributed by atoms with Gasteiger partial charge in [0, 0.05) is 10.7 Å². The molecule has 1 aromatic rings. The van der Waals surface area contributed by atoms with Crippen molar-refractivity contribution in [1.82, 2.24) is 5.32 Å². The van der Waals surface area contributed by atoms with Crippen molar-refractivity contribution < 1.29 is 14.3 Å². The van der Waals surface area contributed by atoms with Gasteiger partial charge in [-0.1, -0.05) is 45.8 Å². The predicted molar refractivity (Wildman–Crippen MR) is 112 cm³/mol. The van der Waals surface area contributed by atoms with Gasteiger partial charge < -0.3 is 10.1 Å². The van der Waals surface area contributed by atoms with E-state index in [-0.39, 0.29) is 28.2 Å². The predicted octanol–water partition coefficient (Wildman–Crippen LogP) is 4.32. The molecule has 0 aromatic heterocycles. The fourth-order valence-corrected chi connectivity index (χ4v) is 7.43. The standard InChI is InChI=1S/C23H30BrNO3/c1-16-2-4-17(5-3-16)6-7-20(26)25-8-9-28-21(27)22-11-18-10-19(12-22)14-23(24,13-18)15-22/h2-5,18-19H,6-15H2,1H3,(H,25,26). The van der Waals surface area contributed by atoms with Crippen LogP contribution in [0, 0.1) is 24.2 Å². The molecule has 2 unspecified atom stereocenters. The van der Waals surface area contributed by atoms with Gasteiger partial charge in [-0.25, -0.2) is 0 Å². The quantitative estimate of drug-likeness (QED) is 0.384. The van der Waals surface area contributed by atoms with E-state index in [4.69, 9.17) is 4.74 Å². The molecule has 4 fully saturated rings. The molecule has 1 aromatic carbocycles. The first-order valence-electron chi connectivity index (χ1n) is 10.5. The van der Waals surface area contributed by atoms with Gasteiger partial charge in [0.05, 0.1) is 12.0 Å². The van der Waals surface area contributed by atoms with Gasteiger partial charge in [-0.05, 0) is 69.3 Å². The zero-order chi connectivity index (χ0) is 19.8. The van der Waals surface area contributed by atoms with Crippen LogP contribution in [0.15, 0.2) is 24.3 Å². The summed E-state index contributed by atoms with van der Waals surface area (Å²) in [6.45, 7) is 2.71. The highest BCUT2D eigenvalue weighted by atomic mass is 79.9. The molecular weight excluding hydrogens is 418 g/mol. The molecule has 0 heterocycles. The SMILES string of the molecule is Cc1ccc(CCC(=O)NCCOC(=O)C23CC4CC(CC(Br)(C4)C2)C3)cc1. The second kappa shape index (κ2) is 7.81. The minimum Gasteiger partial charge on any atom is -0.463 e. The number of hydrogen-bond acceptors (Lipinski definition) is 3. The molecule has 2 atom stereocenters. The Hall–Kier alpha value is -1.36. The molecule has 152 valence electrons. The fourth-order valence-electron chi connectivity index (χ4n) is 5.98. The number of ether oxygens (including phenoxy) is 1. The molecule has 28 heavy (non-hydrogen) atoms. The van der Waals surface area contributed by atoms with Gasteiger partial charge in [0.2, 0.25) is 5.91 Å². The average molecular weight is 448 g/mol. The van der Waals surface area contributed by atoms with Crippen LogP contribution in [0.2, 0.25) is 0 Å². The molecule has 1 N–H and O–H groups in total. The maximum Gasteiger partial charge on any atom is 0.312 e. The number of aryl methyl sites for hydroxylation is 2. The van der Waals surface area contributed by atoms with E-state index in [0.29, 0.717) is 24.8 Å². The average Bonchev–Trinajstić information content (AvgIpc) is 2.62. The highest BCUT2D eigenvalue weighted by molar-refractivity contribution is 9.10. The fraction of sp³-hybridized carbons (Fsp3) is 0.652. The minimum atomic E-state index is -0.289. The van der Waals surface area contributed by atoms with Crippen molar-refractivity contribution in [2.45, 2.75) is 62.6 Å². The number of hydrogen-bond donors (Lipinski definition) is 1. The summed E-state index contributed by atoms with van der Waals surface area (Å²) in [6, 6.07) is 8.25. The Labute approximate surface area is 175 Å². The number of alkyl halides is 1. The third kappa shape index (κ3) is 4.29. The Morgan fingerprint density at radius 2 is 1.82 bits per heavy atom. The summed E-state index contributed by atoms with van der Waals surface area (Å²) in [4.78, 5) is 24.9. The van der Waals surface area contributed by atoms with Gasteiger partial charge in [0.25, 0.3) is 0 Å². The molecule has 0 spiro atoms. The zero-order valence-electron chi connectivity index (χ0n) is 16.6.